The van der Waals surface area contributed by atoms with E-state index in [0.29, 0.717) is 13.1 Å². The molecular formula is C16H24ClIN4O. The average molecular weight is 451 g/mol. The van der Waals surface area contributed by atoms with Gasteiger partial charge in [-0.1, -0.05) is 29.8 Å². The summed E-state index contributed by atoms with van der Waals surface area (Å²) in [5.41, 5.74) is 1.11. The molecule has 1 aliphatic carbocycles. The van der Waals surface area contributed by atoms with Gasteiger partial charge < -0.3 is 16.0 Å². The summed E-state index contributed by atoms with van der Waals surface area (Å²) in [5, 5.41) is 10.1. The maximum Gasteiger partial charge on any atom is 0.223 e. The van der Waals surface area contributed by atoms with Crippen LogP contribution in [0.2, 0.25) is 5.02 Å². The van der Waals surface area contributed by atoms with Gasteiger partial charge in [-0.05, 0) is 30.9 Å². The van der Waals surface area contributed by atoms with Gasteiger partial charge in [-0.15, -0.1) is 24.0 Å². The lowest BCUT2D eigenvalue weighted by Gasteiger charge is -2.12. The molecule has 1 aliphatic rings. The minimum atomic E-state index is 0. The third kappa shape index (κ3) is 7.39. The van der Waals surface area contributed by atoms with Crippen molar-refractivity contribution in [2.45, 2.75) is 19.3 Å². The van der Waals surface area contributed by atoms with E-state index in [1.54, 1.807) is 7.05 Å². The summed E-state index contributed by atoms with van der Waals surface area (Å²) in [6.45, 7) is 2.02. The third-order valence-corrected chi connectivity index (χ3v) is 3.90. The van der Waals surface area contributed by atoms with Gasteiger partial charge in [0.2, 0.25) is 5.91 Å². The van der Waals surface area contributed by atoms with Crippen molar-refractivity contribution in [1.82, 2.24) is 16.0 Å². The van der Waals surface area contributed by atoms with Crippen LogP contribution in [0, 0.1) is 5.92 Å². The van der Waals surface area contributed by atoms with Gasteiger partial charge in [0, 0.05) is 37.6 Å². The summed E-state index contributed by atoms with van der Waals surface area (Å²) in [7, 11) is 1.73. The highest BCUT2D eigenvalue weighted by atomic mass is 127. The Bertz CT molecular complexity index is 535. The number of nitrogens with zero attached hydrogens (tertiary/aromatic N) is 1. The molecule has 3 N–H and O–H groups in total. The molecule has 1 fully saturated rings. The number of amides is 1. The number of hydrogen-bond acceptors (Lipinski definition) is 2. The van der Waals surface area contributed by atoms with Crippen LogP contribution in [-0.4, -0.2) is 38.5 Å². The van der Waals surface area contributed by atoms with Gasteiger partial charge in [-0.2, -0.15) is 0 Å². The largest absolute Gasteiger partial charge is 0.356 e. The molecule has 0 unspecified atom stereocenters. The molecule has 0 atom stereocenters. The summed E-state index contributed by atoms with van der Waals surface area (Å²) in [6, 6.07) is 7.83. The first-order chi connectivity index (χ1) is 10.7. The van der Waals surface area contributed by atoms with Crippen molar-refractivity contribution >= 4 is 47.4 Å². The smallest absolute Gasteiger partial charge is 0.223 e. The number of halogens is 2. The second-order valence-corrected chi connectivity index (χ2v) is 5.74. The van der Waals surface area contributed by atoms with Gasteiger partial charge >= 0.3 is 0 Å². The van der Waals surface area contributed by atoms with Crippen molar-refractivity contribution < 1.29 is 4.79 Å². The van der Waals surface area contributed by atoms with Crippen LogP contribution >= 0.6 is 35.6 Å². The molecule has 128 valence electrons. The van der Waals surface area contributed by atoms with Gasteiger partial charge in [0.05, 0.1) is 0 Å². The zero-order valence-electron chi connectivity index (χ0n) is 13.3. The Morgan fingerprint density at radius 2 is 1.83 bits per heavy atom. The Hall–Kier alpha value is -1.02. The van der Waals surface area contributed by atoms with Crippen LogP contribution in [0.4, 0.5) is 0 Å². The van der Waals surface area contributed by atoms with E-state index in [0.717, 1.165) is 42.4 Å². The number of benzene rings is 1. The first kappa shape index (κ1) is 20.0. The fourth-order valence-electron chi connectivity index (χ4n) is 2.09. The van der Waals surface area contributed by atoms with Crippen LogP contribution in [0.15, 0.2) is 29.3 Å². The quantitative estimate of drug-likeness (QED) is 0.258. The molecule has 2 rings (SSSR count). The minimum absolute atomic E-state index is 0. The fourth-order valence-corrected chi connectivity index (χ4v) is 2.32. The van der Waals surface area contributed by atoms with Crippen molar-refractivity contribution in [3.8, 4) is 0 Å². The highest BCUT2D eigenvalue weighted by molar-refractivity contribution is 14.0. The summed E-state index contributed by atoms with van der Waals surface area (Å²) < 4.78 is 0. The molecule has 1 aromatic rings. The lowest BCUT2D eigenvalue weighted by Crippen LogP contribution is -2.42. The monoisotopic (exact) mass is 450 g/mol. The number of rotatable bonds is 7. The van der Waals surface area contributed by atoms with Gasteiger partial charge in [-0.3, -0.25) is 9.79 Å². The molecule has 1 saturated carbocycles. The summed E-state index contributed by atoms with van der Waals surface area (Å²) >= 11 is 6.12. The summed E-state index contributed by atoms with van der Waals surface area (Å²) in [6.07, 6.45) is 2.90. The van der Waals surface area contributed by atoms with Crippen LogP contribution < -0.4 is 16.0 Å². The molecule has 0 spiro atoms. The lowest BCUT2D eigenvalue weighted by molar-refractivity contribution is -0.122. The molecule has 5 nitrogen and oxygen atoms in total. The van der Waals surface area contributed by atoms with Crippen LogP contribution in [0.25, 0.3) is 0 Å². The van der Waals surface area contributed by atoms with E-state index in [1.807, 2.05) is 24.3 Å². The van der Waals surface area contributed by atoms with E-state index in [2.05, 4.69) is 20.9 Å². The number of carbonyl (C=O) groups is 1. The predicted octanol–water partition coefficient (Wildman–Crippen LogP) is 2.19. The number of nitrogens with one attached hydrogen (secondary N) is 3. The average Bonchev–Trinajstić information content (AvgIpc) is 3.36. The molecule has 0 bridgehead atoms. The maximum atomic E-state index is 11.5. The second-order valence-electron chi connectivity index (χ2n) is 5.33. The highest BCUT2D eigenvalue weighted by Gasteiger charge is 2.28. The van der Waals surface area contributed by atoms with Crippen LogP contribution in [0.3, 0.4) is 0 Å². The summed E-state index contributed by atoms with van der Waals surface area (Å²) in [4.78, 5) is 15.6. The zero-order valence-corrected chi connectivity index (χ0v) is 16.4. The molecule has 0 heterocycles. The molecule has 0 saturated heterocycles. The number of guanidine groups is 1. The number of aliphatic imine (C=N–C) groups is 1. The molecule has 0 radical (unpaired) electrons. The van der Waals surface area contributed by atoms with Gasteiger partial charge in [0.15, 0.2) is 5.96 Å². The molecule has 7 heteroatoms. The minimum Gasteiger partial charge on any atom is -0.356 e. The van der Waals surface area contributed by atoms with Gasteiger partial charge in [-0.25, -0.2) is 0 Å². The normalized spacial score (nSPS) is 13.9. The number of hydrogen-bond donors (Lipinski definition) is 3. The van der Waals surface area contributed by atoms with Gasteiger partial charge in [0.25, 0.3) is 0 Å². The second kappa shape index (κ2) is 10.7. The highest BCUT2D eigenvalue weighted by Crippen LogP contribution is 2.28. The van der Waals surface area contributed by atoms with E-state index >= 15 is 0 Å². The Morgan fingerprint density at radius 1 is 1.17 bits per heavy atom. The van der Waals surface area contributed by atoms with E-state index in [1.165, 1.54) is 0 Å². The van der Waals surface area contributed by atoms with Crippen molar-refractivity contribution in [3.63, 3.8) is 0 Å². The Kier molecular flexibility index (Phi) is 9.31. The topological polar surface area (TPSA) is 65.5 Å². The first-order valence-corrected chi connectivity index (χ1v) is 8.04. The third-order valence-electron chi connectivity index (χ3n) is 3.53. The molecule has 0 aliphatic heterocycles. The van der Waals surface area contributed by atoms with Crippen LogP contribution in [0.1, 0.15) is 18.4 Å². The standard InChI is InChI=1S/C16H23ClN4O.HI/c1-18-16(21-11-10-19-15(22)13-6-7-13)20-9-8-12-4-2-3-5-14(12)17;/h2-5,13H,6-11H2,1H3,(H,19,22)(H2,18,20,21);1H. The first-order valence-electron chi connectivity index (χ1n) is 7.66. The van der Waals surface area contributed by atoms with Crippen molar-refractivity contribution in [1.29, 1.82) is 0 Å². The van der Waals surface area contributed by atoms with Crippen LogP contribution in [0.5, 0.6) is 0 Å². The molecule has 0 aromatic heterocycles. The maximum absolute atomic E-state index is 11.5. The zero-order chi connectivity index (χ0) is 15.8. The van der Waals surface area contributed by atoms with Gasteiger partial charge in [0.1, 0.15) is 0 Å². The molecular weight excluding hydrogens is 427 g/mol. The summed E-state index contributed by atoms with van der Waals surface area (Å²) in [5.74, 6) is 1.16. The fraction of sp³-hybridized carbons (Fsp3) is 0.500. The van der Waals surface area contributed by atoms with E-state index in [9.17, 15) is 4.79 Å². The molecule has 23 heavy (non-hydrogen) atoms. The Labute approximate surface area is 159 Å². The SMILES string of the molecule is CN=C(NCCNC(=O)C1CC1)NCCc1ccccc1Cl.I. The number of carbonyl (C=O) groups excluding carboxylic acids is 1. The van der Waals surface area contributed by atoms with Crippen molar-refractivity contribution in [2.24, 2.45) is 10.9 Å². The Morgan fingerprint density at radius 3 is 2.48 bits per heavy atom. The van der Waals surface area contributed by atoms with E-state index in [4.69, 9.17) is 11.6 Å². The molecule has 1 aromatic carbocycles. The van der Waals surface area contributed by atoms with Crippen molar-refractivity contribution in [2.75, 3.05) is 26.7 Å². The Balaban J connectivity index is 0.00000264. The van der Waals surface area contributed by atoms with E-state index < -0.39 is 0 Å². The molecule has 1 amide bonds. The van der Waals surface area contributed by atoms with E-state index in [-0.39, 0.29) is 35.8 Å². The predicted molar refractivity (Wildman–Crippen MR) is 106 cm³/mol. The van der Waals surface area contributed by atoms with Crippen LogP contribution in [-0.2, 0) is 11.2 Å². The lowest BCUT2D eigenvalue weighted by atomic mass is 10.1. The van der Waals surface area contributed by atoms with Crippen molar-refractivity contribution in [3.05, 3.63) is 34.9 Å².